The number of hydrogen-bond donors (Lipinski definition) is 0. The second kappa shape index (κ2) is 4.69. The highest BCUT2D eigenvalue weighted by Crippen LogP contribution is 2.05. The van der Waals surface area contributed by atoms with Crippen LogP contribution in [-0.2, 0) is 12.8 Å². The molecule has 1 heterocycles. The number of benzene rings is 1. The summed E-state index contributed by atoms with van der Waals surface area (Å²) in [5, 5.41) is 0. The van der Waals surface area contributed by atoms with Gasteiger partial charge in [0.05, 0.1) is 6.20 Å². The van der Waals surface area contributed by atoms with Crippen molar-refractivity contribution in [1.29, 1.82) is 0 Å². The standard InChI is InChI=1S/C13H12FN/c14-12-7-9-13(15-10-12)8-6-11-4-2-1-3-5-11/h1-5,7,9-10H,6,8H2. The first-order chi connectivity index (χ1) is 7.34. The topological polar surface area (TPSA) is 12.9 Å². The van der Waals surface area contributed by atoms with E-state index in [-0.39, 0.29) is 5.82 Å². The lowest BCUT2D eigenvalue weighted by molar-refractivity contribution is 0.619. The molecule has 15 heavy (non-hydrogen) atoms. The number of aryl methyl sites for hydroxylation is 2. The van der Waals surface area contributed by atoms with E-state index in [4.69, 9.17) is 0 Å². The van der Waals surface area contributed by atoms with Gasteiger partial charge in [0.25, 0.3) is 0 Å². The van der Waals surface area contributed by atoms with Crippen LogP contribution in [0, 0.1) is 5.82 Å². The molecule has 0 N–H and O–H groups in total. The first kappa shape index (κ1) is 9.84. The predicted molar refractivity (Wildman–Crippen MR) is 58.0 cm³/mol. The van der Waals surface area contributed by atoms with Crippen LogP contribution in [0.3, 0.4) is 0 Å². The Bertz CT molecular complexity index is 408. The van der Waals surface area contributed by atoms with Crippen LogP contribution >= 0.6 is 0 Å². The lowest BCUT2D eigenvalue weighted by Gasteiger charge is -2.00. The first-order valence-corrected chi connectivity index (χ1v) is 4.99. The van der Waals surface area contributed by atoms with Gasteiger partial charge >= 0.3 is 0 Å². The number of nitrogens with zero attached hydrogens (tertiary/aromatic N) is 1. The van der Waals surface area contributed by atoms with E-state index < -0.39 is 0 Å². The van der Waals surface area contributed by atoms with Gasteiger partial charge in [-0.3, -0.25) is 4.98 Å². The lowest BCUT2D eigenvalue weighted by Crippen LogP contribution is -1.94. The molecule has 1 aromatic carbocycles. The highest BCUT2D eigenvalue weighted by molar-refractivity contribution is 5.16. The molecule has 0 aliphatic heterocycles. The summed E-state index contributed by atoms with van der Waals surface area (Å²) >= 11 is 0. The summed E-state index contributed by atoms with van der Waals surface area (Å²) in [7, 11) is 0. The molecule has 1 aromatic heterocycles. The molecule has 0 amide bonds. The molecule has 0 unspecified atom stereocenters. The van der Waals surface area contributed by atoms with Gasteiger partial charge in [-0.15, -0.1) is 0 Å². The van der Waals surface area contributed by atoms with Gasteiger partial charge in [0.2, 0.25) is 0 Å². The minimum Gasteiger partial charge on any atom is -0.258 e. The third-order valence-corrected chi connectivity index (χ3v) is 2.30. The summed E-state index contributed by atoms with van der Waals surface area (Å²) in [5.74, 6) is -0.279. The smallest absolute Gasteiger partial charge is 0.141 e. The van der Waals surface area contributed by atoms with Crippen LogP contribution in [0.1, 0.15) is 11.3 Å². The van der Waals surface area contributed by atoms with Crippen molar-refractivity contribution in [3.05, 3.63) is 65.7 Å². The predicted octanol–water partition coefficient (Wildman–Crippen LogP) is 3.01. The quantitative estimate of drug-likeness (QED) is 0.743. The molecule has 0 spiro atoms. The third kappa shape index (κ3) is 2.88. The fourth-order valence-electron chi connectivity index (χ4n) is 1.47. The lowest BCUT2D eigenvalue weighted by atomic mass is 10.1. The minimum absolute atomic E-state index is 0.279. The summed E-state index contributed by atoms with van der Waals surface area (Å²) in [6.07, 6.45) is 3.06. The molecule has 76 valence electrons. The molecule has 0 atom stereocenters. The molecule has 2 rings (SSSR count). The first-order valence-electron chi connectivity index (χ1n) is 4.99. The second-order valence-corrected chi connectivity index (χ2v) is 3.45. The Morgan fingerprint density at radius 2 is 1.73 bits per heavy atom. The maximum Gasteiger partial charge on any atom is 0.141 e. The normalized spacial score (nSPS) is 10.2. The average molecular weight is 201 g/mol. The third-order valence-electron chi connectivity index (χ3n) is 2.30. The molecule has 1 nitrogen and oxygen atoms in total. The van der Waals surface area contributed by atoms with E-state index in [1.807, 2.05) is 18.2 Å². The monoisotopic (exact) mass is 201 g/mol. The summed E-state index contributed by atoms with van der Waals surface area (Å²) in [6, 6.07) is 13.4. The summed E-state index contributed by atoms with van der Waals surface area (Å²) in [5.41, 5.74) is 2.21. The summed E-state index contributed by atoms with van der Waals surface area (Å²) in [4.78, 5) is 4.02. The SMILES string of the molecule is Fc1ccc(CCc2ccccc2)nc1. The Hall–Kier alpha value is -1.70. The van der Waals surface area contributed by atoms with Crippen molar-refractivity contribution in [3.8, 4) is 0 Å². The van der Waals surface area contributed by atoms with Gasteiger partial charge in [0, 0.05) is 5.69 Å². The van der Waals surface area contributed by atoms with E-state index >= 15 is 0 Å². The van der Waals surface area contributed by atoms with Crippen molar-refractivity contribution in [3.63, 3.8) is 0 Å². The number of halogens is 1. The number of aromatic nitrogens is 1. The maximum atomic E-state index is 12.6. The van der Waals surface area contributed by atoms with Crippen LogP contribution in [0.25, 0.3) is 0 Å². The number of rotatable bonds is 3. The molecule has 0 radical (unpaired) electrons. The highest BCUT2D eigenvalue weighted by Gasteiger charge is 1.96. The van der Waals surface area contributed by atoms with E-state index in [1.54, 1.807) is 6.07 Å². The molecule has 2 heteroatoms. The molecular formula is C13H12FN. The van der Waals surface area contributed by atoms with Gasteiger partial charge < -0.3 is 0 Å². The van der Waals surface area contributed by atoms with Crippen LogP contribution in [0.5, 0.6) is 0 Å². The summed E-state index contributed by atoms with van der Waals surface area (Å²) < 4.78 is 12.6. The second-order valence-electron chi connectivity index (χ2n) is 3.45. The van der Waals surface area contributed by atoms with Crippen LogP contribution in [0.4, 0.5) is 4.39 Å². The van der Waals surface area contributed by atoms with E-state index in [1.165, 1.54) is 17.8 Å². The zero-order valence-corrected chi connectivity index (χ0v) is 8.36. The summed E-state index contributed by atoms with van der Waals surface area (Å²) in [6.45, 7) is 0. The van der Waals surface area contributed by atoms with Crippen LogP contribution in [0.15, 0.2) is 48.7 Å². The largest absolute Gasteiger partial charge is 0.258 e. The van der Waals surface area contributed by atoms with Gasteiger partial charge in [-0.1, -0.05) is 30.3 Å². The van der Waals surface area contributed by atoms with Crippen molar-refractivity contribution in [2.45, 2.75) is 12.8 Å². The molecule has 0 aliphatic rings. The molecular weight excluding hydrogens is 189 g/mol. The van der Waals surface area contributed by atoms with Gasteiger partial charge in [-0.25, -0.2) is 4.39 Å². The zero-order valence-electron chi connectivity index (χ0n) is 8.36. The van der Waals surface area contributed by atoms with Gasteiger partial charge in [-0.05, 0) is 30.5 Å². The Kier molecular flexibility index (Phi) is 3.08. The van der Waals surface area contributed by atoms with Crippen LogP contribution < -0.4 is 0 Å². The highest BCUT2D eigenvalue weighted by atomic mass is 19.1. The van der Waals surface area contributed by atoms with E-state index in [2.05, 4.69) is 17.1 Å². The molecule has 0 bridgehead atoms. The van der Waals surface area contributed by atoms with Gasteiger partial charge in [-0.2, -0.15) is 0 Å². The number of pyridine rings is 1. The Morgan fingerprint density at radius 3 is 2.40 bits per heavy atom. The molecule has 2 aromatic rings. The van der Waals surface area contributed by atoms with Crippen molar-refractivity contribution in [2.24, 2.45) is 0 Å². The van der Waals surface area contributed by atoms with Crippen LogP contribution in [-0.4, -0.2) is 4.98 Å². The molecule has 0 fully saturated rings. The molecule has 0 saturated heterocycles. The van der Waals surface area contributed by atoms with Gasteiger partial charge in [0.15, 0.2) is 0 Å². The van der Waals surface area contributed by atoms with Crippen molar-refractivity contribution < 1.29 is 4.39 Å². The van der Waals surface area contributed by atoms with E-state index in [0.29, 0.717) is 0 Å². The van der Waals surface area contributed by atoms with Gasteiger partial charge in [0.1, 0.15) is 5.82 Å². The number of hydrogen-bond acceptors (Lipinski definition) is 1. The van der Waals surface area contributed by atoms with Crippen molar-refractivity contribution in [2.75, 3.05) is 0 Å². The zero-order chi connectivity index (χ0) is 10.5. The van der Waals surface area contributed by atoms with Crippen molar-refractivity contribution >= 4 is 0 Å². The fourth-order valence-corrected chi connectivity index (χ4v) is 1.47. The Morgan fingerprint density at radius 1 is 0.933 bits per heavy atom. The van der Waals surface area contributed by atoms with E-state index in [9.17, 15) is 4.39 Å². The van der Waals surface area contributed by atoms with E-state index in [0.717, 1.165) is 18.5 Å². The Labute approximate surface area is 88.6 Å². The Balaban J connectivity index is 1.96. The molecule has 0 aliphatic carbocycles. The fraction of sp³-hybridized carbons (Fsp3) is 0.154. The molecule has 0 saturated carbocycles. The average Bonchev–Trinajstić information content (AvgIpc) is 2.30. The van der Waals surface area contributed by atoms with Crippen LogP contribution in [0.2, 0.25) is 0 Å². The van der Waals surface area contributed by atoms with Crippen molar-refractivity contribution in [1.82, 2.24) is 4.98 Å². The minimum atomic E-state index is -0.279. The maximum absolute atomic E-state index is 12.6.